The lowest BCUT2D eigenvalue weighted by atomic mass is 9.95. The highest BCUT2D eigenvalue weighted by Crippen LogP contribution is 2.48. The third-order valence-corrected chi connectivity index (χ3v) is 6.86. The van der Waals surface area contributed by atoms with Crippen LogP contribution in [0.2, 0.25) is 0 Å². The number of carbonyl (C=O) groups excluding carboxylic acids is 2. The third kappa shape index (κ3) is 3.40. The maximum Gasteiger partial charge on any atom is 0.332 e. The molecule has 3 amide bonds. The minimum absolute atomic E-state index is 0.231. The lowest BCUT2D eigenvalue weighted by Crippen LogP contribution is -2.60. The lowest BCUT2D eigenvalue weighted by molar-refractivity contribution is -0.122. The number of nitrogens with zero attached hydrogens (tertiary/aromatic N) is 2. The quantitative estimate of drug-likeness (QED) is 0.725. The van der Waals surface area contributed by atoms with E-state index >= 15 is 0 Å². The van der Waals surface area contributed by atoms with Crippen molar-refractivity contribution in [3.63, 3.8) is 0 Å². The summed E-state index contributed by atoms with van der Waals surface area (Å²) in [4.78, 5) is 30.8. The van der Waals surface area contributed by atoms with E-state index in [1.54, 1.807) is 48.4 Å². The molecule has 29 heavy (non-hydrogen) atoms. The van der Waals surface area contributed by atoms with Crippen LogP contribution in [0.1, 0.15) is 19.4 Å². The molecule has 2 unspecified atom stereocenters. The van der Waals surface area contributed by atoms with Gasteiger partial charge < -0.3 is 9.64 Å². The van der Waals surface area contributed by atoms with Crippen LogP contribution in [0.15, 0.2) is 59.0 Å². The molecule has 1 fully saturated rings. The minimum Gasteiger partial charge on any atom is -0.497 e. The molecule has 0 N–H and O–H groups in total. The zero-order valence-electron chi connectivity index (χ0n) is 16.4. The van der Waals surface area contributed by atoms with Gasteiger partial charge in [-0.15, -0.1) is 11.8 Å². The number of fused-ring (bicyclic) bond motifs is 1. The van der Waals surface area contributed by atoms with E-state index in [0.29, 0.717) is 18.0 Å². The fourth-order valence-electron chi connectivity index (χ4n) is 3.73. The number of carbonyl (C=O) groups is 2. The number of hydrogen-bond donors (Lipinski definition) is 0. The SMILES string of the molecule is COc1cccc(N2C(=O)C3C(C)=C(C)SC3N(Cc3ccc(F)cc3)C2=O)c1. The summed E-state index contributed by atoms with van der Waals surface area (Å²) in [5, 5.41) is -0.304. The van der Waals surface area contributed by atoms with E-state index in [2.05, 4.69) is 0 Å². The number of imide groups is 1. The molecule has 150 valence electrons. The van der Waals surface area contributed by atoms with E-state index in [1.807, 2.05) is 13.8 Å². The molecule has 0 saturated carbocycles. The van der Waals surface area contributed by atoms with Gasteiger partial charge in [0.1, 0.15) is 11.6 Å². The average Bonchev–Trinajstić information content (AvgIpc) is 3.01. The second-order valence-corrected chi connectivity index (χ2v) is 8.47. The number of rotatable bonds is 4. The first-order chi connectivity index (χ1) is 13.9. The van der Waals surface area contributed by atoms with Crippen molar-refractivity contribution >= 4 is 29.4 Å². The molecule has 2 atom stereocenters. The van der Waals surface area contributed by atoms with Crippen molar-refractivity contribution in [1.82, 2.24) is 4.90 Å². The number of amides is 3. The van der Waals surface area contributed by atoms with Crippen LogP contribution < -0.4 is 9.64 Å². The summed E-state index contributed by atoms with van der Waals surface area (Å²) in [6.45, 7) is 4.21. The van der Waals surface area contributed by atoms with Crippen LogP contribution in [0.25, 0.3) is 0 Å². The Morgan fingerprint density at radius 1 is 1.10 bits per heavy atom. The standard InChI is InChI=1S/C22H21FN2O3S/c1-13-14(2)29-21-19(13)20(26)25(17-5-4-6-18(11-17)28-3)22(27)24(21)12-15-7-9-16(23)10-8-15/h4-11,19,21H,12H2,1-3H3. The molecule has 2 aromatic carbocycles. The van der Waals surface area contributed by atoms with Gasteiger partial charge in [-0.1, -0.05) is 18.2 Å². The Kier molecular flexibility index (Phi) is 5.08. The van der Waals surface area contributed by atoms with Gasteiger partial charge >= 0.3 is 6.03 Å². The van der Waals surface area contributed by atoms with Crippen LogP contribution in [0.3, 0.4) is 0 Å². The Balaban J connectivity index is 1.75. The van der Waals surface area contributed by atoms with Gasteiger partial charge in [0.05, 0.1) is 24.1 Å². The number of urea groups is 1. The van der Waals surface area contributed by atoms with E-state index in [1.165, 1.54) is 28.8 Å². The smallest absolute Gasteiger partial charge is 0.332 e. The number of thioether (sulfide) groups is 1. The summed E-state index contributed by atoms with van der Waals surface area (Å²) >= 11 is 1.54. The van der Waals surface area contributed by atoms with Crippen LogP contribution in [0.4, 0.5) is 14.9 Å². The first-order valence-electron chi connectivity index (χ1n) is 9.28. The van der Waals surface area contributed by atoms with E-state index in [0.717, 1.165) is 16.0 Å². The topological polar surface area (TPSA) is 49.9 Å². The molecule has 0 aliphatic carbocycles. The maximum absolute atomic E-state index is 13.4. The zero-order valence-corrected chi connectivity index (χ0v) is 17.2. The molecule has 2 heterocycles. The molecule has 2 aromatic rings. The molecule has 5 nitrogen and oxygen atoms in total. The van der Waals surface area contributed by atoms with Gasteiger partial charge in [-0.05, 0) is 54.2 Å². The second-order valence-electron chi connectivity index (χ2n) is 7.14. The Labute approximate surface area is 173 Å². The Morgan fingerprint density at radius 2 is 1.83 bits per heavy atom. The van der Waals surface area contributed by atoms with Crippen LogP contribution in [0.5, 0.6) is 5.75 Å². The van der Waals surface area contributed by atoms with E-state index in [-0.39, 0.29) is 23.1 Å². The van der Waals surface area contributed by atoms with E-state index in [9.17, 15) is 14.0 Å². The molecule has 1 saturated heterocycles. The largest absolute Gasteiger partial charge is 0.497 e. The van der Waals surface area contributed by atoms with Crippen LogP contribution >= 0.6 is 11.8 Å². The molecule has 0 bridgehead atoms. The van der Waals surface area contributed by atoms with Crippen molar-refractivity contribution in [2.45, 2.75) is 25.8 Å². The number of allylic oxidation sites excluding steroid dienone is 1. The first-order valence-corrected chi connectivity index (χ1v) is 10.2. The Bertz CT molecular complexity index is 1010. The molecule has 0 radical (unpaired) electrons. The lowest BCUT2D eigenvalue weighted by Gasteiger charge is -2.42. The number of ether oxygens (including phenoxy) is 1. The van der Waals surface area contributed by atoms with Crippen LogP contribution in [-0.2, 0) is 11.3 Å². The van der Waals surface area contributed by atoms with Gasteiger partial charge in [0.25, 0.3) is 0 Å². The fourth-order valence-corrected chi connectivity index (χ4v) is 5.15. The average molecular weight is 412 g/mol. The number of methoxy groups -OCH3 is 1. The predicted octanol–water partition coefficient (Wildman–Crippen LogP) is 4.79. The maximum atomic E-state index is 13.4. The summed E-state index contributed by atoms with van der Waals surface area (Å²) in [5.74, 6) is -0.400. The molecular weight excluding hydrogens is 391 g/mol. The van der Waals surface area contributed by atoms with Crippen LogP contribution in [0, 0.1) is 11.7 Å². The van der Waals surface area contributed by atoms with Crippen molar-refractivity contribution < 1.29 is 18.7 Å². The second kappa shape index (κ2) is 7.55. The number of anilines is 1. The summed E-state index contributed by atoms with van der Waals surface area (Å²) in [6, 6.07) is 12.6. The Morgan fingerprint density at radius 3 is 2.52 bits per heavy atom. The third-order valence-electron chi connectivity index (χ3n) is 5.41. The fraction of sp³-hybridized carbons (Fsp3) is 0.273. The van der Waals surface area contributed by atoms with Crippen molar-refractivity contribution in [2.24, 2.45) is 5.92 Å². The van der Waals surface area contributed by atoms with E-state index < -0.39 is 5.92 Å². The summed E-state index contributed by atoms with van der Waals surface area (Å²) in [5.41, 5.74) is 2.26. The van der Waals surface area contributed by atoms with Crippen molar-refractivity contribution in [3.8, 4) is 5.75 Å². The highest BCUT2D eigenvalue weighted by atomic mass is 32.2. The molecule has 2 aliphatic rings. The normalized spacial score (nSPS) is 21.7. The Hall–Kier alpha value is -2.80. The number of benzene rings is 2. The van der Waals surface area contributed by atoms with E-state index in [4.69, 9.17) is 4.74 Å². The summed E-state index contributed by atoms with van der Waals surface area (Å²) in [6.07, 6.45) is 0. The molecule has 4 rings (SSSR count). The highest BCUT2D eigenvalue weighted by Gasteiger charge is 2.51. The molecule has 7 heteroatoms. The molecule has 0 aromatic heterocycles. The first kappa shape index (κ1) is 19.5. The monoisotopic (exact) mass is 412 g/mol. The summed E-state index contributed by atoms with van der Waals surface area (Å²) in [7, 11) is 1.54. The number of hydrogen-bond acceptors (Lipinski definition) is 4. The van der Waals surface area contributed by atoms with Gasteiger partial charge in [-0.2, -0.15) is 0 Å². The molecule has 2 aliphatic heterocycles. The molecular formula is C22H21FN2O3S. The van der Waals surface area contributed by atoms with Gasteiger partial charge in [-0.3, -0.25) is 4.79 Å². The predicted molar refractivity (Wildman–Crippen MR) is 111 cm³/mol. The molecule has 0 spiro atoms. The van der Waals surface area contributed by atoms with Gasteiger partial charge in [0.2, 0.25) is 5.91 Å². The van der Waals surface area contributed by atoms with Gasteiger partial charge in [0, 0.05) is 12.6 Å². The van der Waals surface area contributed by atoms with Crippen LogP contribution in [-0.4, -0.2) is 29.3 Å². The van der Waals surface area contributed by atoms with Gasteiger partial charge in [0.15, 0.2) is 0 Å². The minimum atomic E-state index is -0.413. The van der Waals surface area contributed by atoms with Crippen molar-refractivity contribution in [1.29, 1.82) is 0 Å². The van der Waals surface area contributed by atoms with Gasteiger partial charge in [-0.25, -0.2) is 14.1 Å². The summed E-state index contributed by atoms with van der Waals surface area (Å²) < 4.78 is 18.6. The van der Waals surface area contributed by atoms with Crippen molar-refractivity contribution in [2.75, 3.05) is 12.0 Å². The number of halogens is 1. The highest BCUT2D eigenvalue weighted by molar-refractivity contribution is 8.03. The zero-order chi connectivity index (χ0) is 20.7. The van der Waals surface area contributed by atoms with Crippen molar-refractivity contribution in [3.05, 3.63) is 70.4 Å².